The van der Waals surface area contributed by atoms with Gasteiger partial charge in [0.2, 0.25) is 5.91 Å². The first-order valence-electron chi connectivity index (χ1n) is 8.32. The number of carbonyl (C=O) groups excluding carboxylic acids is 1. The summed E-state index contributed by atoms with van der Waals surface area (Å²) in [4.78, 5) is 13.9. The van der Waals surface area contributed by atoms with Gasteiger partial charge in [-0.25, -0.2) is 0 Å². The predicted molar refractivity (Wildman–Crippen MR) is 101 cm³/mol. The van der Waals surface area contributed by atoms with Gasteiger partial charge in [0.1, 0.15) is 5.25 Å². The molecule has 1 amide bonds. The van der Waals surface area contributed by atoms with Gasteiger partial charge in [0.15, 0.2) is 0 Å². The lowest BCUT2D eigenvalue weighted by Gasteiger charge is -2.17. The van der Waals surface area contributed by atoms with Crippen LogP contribution in [0, 0.1) is 0 Å². The third-order valence-corrected chi connectivity index (χ3v) is 5.08. The summed E-state index contributed by atoms with van der Waals surface area (Å²) in [6, 6.07) is 19.9. The second kappa shape index (κ2) is 8.53. The summed E-state index contributed by atoms with van der Waals surface area (Å²) in [5.74, 6) is 0.00398. The summed E-state index contributed by atoms with van der Waals surface area (Å²) in [6.07, 6.45) is 3.76. The Balaban J connectivity index is 1.72. The smallest absolute Gasteiger partial charge is 0.238 e. The third kappa shape index (κ3) is 4.73. The molecule has 1 heterocycles. The molecule has 0 spiro atoms. The zero-order valence-electron chi connectivity index (χ0n) is 14.1. The Hall–Kier alpha value is -2.53. The largest absolute Gasteiger partial charge is 0.351 e. The maximum Gasteiger partial charge on any atom is 0.238 e. The lowest BCUT2D eigenvalue weighted by Crippen LogP contribution is -2.27. The topological polar surface area (TPSA) is 46.9 Å². The van der Waals surface area contributed by atoms with E-state index in [9.17, 15) is 4.79 Å². The minimum atomic E-state index is -0.287. The fourth-order valence-electron chi connectivity index (χ4n) is 2.49. The molecule has 1 N–H and O–H groups in total. The fourth-order valence-corrected chi connectivity index (χ4v) is 3.56. The van der Waals surface area contributed by atoms with Crippen LogP contribution >= 0.6 is 11.8 Å². The summed E-state index contributed by atoms with van der Waals surface area (Å²) < 4.78 is 1.86. The number of rotatable bonds is 7. The molecule has 0 radical (unpaired) electrons. The Kier molecular flexibility index (Phi) is 5.90. The van der Waals surface area contributed by atoms with E-state index in [2.05, 4.69) is 10.4 Å². The first kappa shape index (κ1) is 17.3. The average molecular weight is 351 g/mol. The molecule has 0 saturated heterocycles. The SMILES string of the molecule is CCn1cc(CNC(=O)[C@@H](Sc2ccccc2)c2ccccc2)cn1. The number of aromatic nitrogens is 2. The molecule has 5 heteroatoms. The van der Waals surface area contributed by atoms with Crippen molar-refractivity contribution in [3.05, 3.63) is 84.2 Å². The molecule has 3 rings (SSSR count). The maximum atomic E-state index is 12.8. The van der Waals surface area contributed by atoms with Crippen molar-refractivity contribution in [1.82, 2.24) is 15.1 Å². The number of thioether (sulfide) groups is 1. The van der Waals surface area contributed by atoms with E-state index in [0.29, 0.717) is 6.54 Å². The van der Waals surface area contributed by atoms with E-state index in [4.69, 9.17) is 0 Å². The molecular formula is C20H21N3OS. The minimum absolute atomic E-state index is 0.00398. The molecule has 0 fully saturated rings. The van der Waals surface area contributed by atoms with Crippen molar-refractivity contribution in [1.29, 1.82) is 0 Å². The second-order valence-corrected chi connectivity index (χ2v) is 6.82. The molecule has 0 unspecified atom stereocenters. The van der Waals surface area contributed by atoms with Crippen molar-refractivity contribution in [2.75, 3.05) is 0 Å². The van der Waals surface area contributed by atoms with Gasteiger partial charge in [-0.2, -0.15) is 5.10 Å². The number of amides is 1. The Morgan fingerprint density at radius 3 is 2.44 bits per heavy atom. The fraction of sp³-hybridized carbons (Fsp3) is 0.200. The van der Waals surface area contributed by atoms with E-state index in [1.54, 1.807) is 18.0 Å². The Morgan fingerprint density at radius 1 is 1.12 bits per heavy atom. The number of nitrogens with zero attached hydrogens (tertiary/aromatic N) is 2. The number of hydrogen-bond donors (Lipinski definition) is 1. The van der Waals surface area contributed by atoms with Crippen molar-refractivity contribution in [3.63, 3.8) is 0 Å². The van der Waals surface area contributed by atoms with Crippen LogP contribution in [-0.4, -0.2) is 15.7 Å². The van der Waals surface area contributed by atoms with Gasteiger partial charge in [0.05, 0.1) is 6.20 Å². The lowest BCUT2D eigenvalue weighted by molar-refractivity contribution is -0.120. The highest BCUT2D eigenvalue weighted by Crippen LogP contribution is 2.35. The van der Waals surface area contributed by atoms with E-state index in [1.165, 1.54) is 0 Å². The molecule has 0 bridgehead atoms. The van der Waals surface area contributed by atoms with Crippen molar-refractivity contribution in [3.8, 4) is 0 Å². The van der Waals surface area contributed by atoms with Crippen LogP contribution in [0.4, 0.5) is 0 Å². The van der Waals surface area contributed by atoms with Crippen LogP contribution < -0.4 is 5.32 Å². The summed E-state index contributed by atoms with van der Waals surface area (Å²) in [5.41, 5.74) is 2.00. The first-order valence-corrected chi connectivity index (χ1v) is 9.20. The second-order valence-electron chi connectivity index (χ2n) is 5.64. The van der Waals surface area contributed by atoms with Gasteiger partial charge in [0, 0.05) is 29.7 Å². The van der Waals surface area contributed by atoms with Crippen LogP contribution in [0.2, 0.25) is 0 Å². The number of aryl methyl sites for hydroxylation is 1. The molecule has 0 aliphatic carbocycles. The van der Waals surface area contributed by atoms with Crippen LogP contribution in [0.1, 0.15) is 23.3 Å². The van der Waals surface area contributed by atoms with E-state index < -0.39 is 0 Å². The third-order valence-electron chi connectivity index (χ3n) is 3.82. The molecule has 1 aromatic heterocycles. The summed E-state index contributed by atoms with van der Waals surface area (Å²) in [6.45, 7) is 3.35. The quantitative estimate of drug-likeness (QED) is 0.653. The van der Waals surface area contributed by atoms with Crippen molar-refractivity contribution >= 4 is 17.7 Å². The van der Waals surface area contributed by atoms with Gasteiger partial charge >= 0.3 is 0 Å². The van der Waals surface area contributed by atoms with Crippen LogP contribution in [0.25, 0.3) is 0 Å². The number of hydrogen-bond acceptors (Lipinski definition) is 3. The summed E-state index contributed by atoms with van der Waals surface area (Å²) >= 11 is 1.56. The molecule has 0 aliphatic heterocycles. The number of nitrogens with one attached hydrogen (secondary N) is 1. The Labute approximate surface area is 152 Å². The standard InChI is InChI=1S/C20H21N3OS/c1-2-23-15-16(14-22-23)13-21-20(24)19(17-9-5-3-6-10-17)25-18-11-7-4-8-12-18/h3-12,14-15,19H,2,13H2,1H3,(H,21,24)/t19-/m0/s1. The van der Waals surface area contributed by atoms with Crippen LogP contribution in [0.15, 0.2) is 78.0 Å². The van der Waals surface area contributed by atoms with Gasteiger partial charge in [-0.3, -0.25) is 9.48 Å². The van der Waals surface area contributed by atoms with Gasteiger partial charge < -0.3 is 5.32 Å². The highest BCUT2D eigenvalue weighted by atomic mass is 32.2. The number of carbonyl (C=O) groups is 1. The molecule has 128 valence electrons. The van der Waals surface area contributed by atoms with Gasteiger partial charge in [-0.15, -0.1) is 11.8 Å². The monoisotopic (exact) mass is 351 g/mol. The summed E-state index contributed by atoms with van der Waals surface area (Å²) in [5, 5.41) is 7.00. The van der Waals surface area contributed by atoms with E-state index in [1.807, 2.05) is 78.5 Å². The Morgan fingerprint density at radius 2 is 1.80 bits per heavy atom. The van der Waals surface area contributed by atoms with Crippen LogP contribution in [0.5, 0.6) is 0 Å². The molecule has 2 aromatic carbocycles. The van der Waals surface area contributed by atoms with Crippen molar-refractivity contribution < 1.29 is 4.79 Å². The van der Waals surface area contributed by atoms with Crippen molar-refractivity contribution in [2.45, 2.75) is 30.2 Å². The molecule has 25 heavy (non-hydrogen) atoms. The number of benzene rings is 2. The van der Waals surface area contributed by atoms with Gasteiger partial charge in [-0.1, -0.05) is 48.5 Å². The molecular weight excluding hydrogens is 330 g/mol. The molecule has 0 aliphatic rings. The minimum Gasteiger partial charge on any atom is -0.351 e. The highest BCUT2D eigenvalue weighted by Gasteiger charge is 2.21. The Bertz CT molecular complexity index is 802. The lowest BCUT2D eigenvalue weighted by atomic mass is 10.1. The average Bonchev–Trinajstić information content (AvgIpc) is 3.14. The first-order chi connectivity index (χ1) is 12.3. The maximum absolute atomic E-state index is 12.8. The van der Waals surface area contributed by atoms with Gasteiger partial charge in [0.25, 0.3) is 0 Å². The van der Waals surface area contributed by atoms with E-state index >= 15 is 0 Å². The predicted octanol–water partition coefficient (Wildman–Crippen LogP) is 4.05. The van der Waals surface area contributed by atoms with E-state index in [0.717, 1.165) is 22.6 Å². The van der Waals surface area contributed by atoms with Gasteiger partial charge in [-0.05, 0) is 24.6 Å². The van der Waals surface area contributed by atoms with E-state index in [-0.39, 0.29) is 11.2 Å². The molecule has 0 saturated carbocycles. The van der Waals surface area contributed by atoms with Crippen LogP contribution in [-0.2, 0) is 17.9 Å². The van der Waals surface area contributed by atoms with Crippen molar-refractivity contribution in [2.24, 2.45) is 0 Å². The van der Waals surface area contributed by atoms with Crippen LogP contribution in [0.3, 0.4) is 0 Å². The zero-order chi connectivity index (χ0) is 17.5. The summed E-state index contributed by atoms with van der Waals surface area (Å²) in [7, 11) is 0. The molecule has 3 aromatic rings. The molecule has 4 nitrogen and oxygen atoms in total. The highest BCUT2D eigenvalue weighted by molar-refractivity contribution is 8.00. The zero-order valence-corrected chi connectivity index (χ0v) is 14.9. The normalized spacial score (nSPS) is 11.9. The molecule has 1 atom stereocenters.